The Morgan fingerprint density at radius 2 is 1.83 bits per heavy atom. The van der Waals surface area contributed by atoms with Crippen molar-refractivity contribution in [3.8, 4) is 5.75 Å². The van der Waals surface area contributed by atoms with Gasteiger partial charge in [-0.3, -0.25) is 10.1 Å². The lowest BCUT2D eigenvalue weighted by Gasteiger charge is -2.09. The van der Waals surface area contributed by atoms with E-state index in [0.717, 1.165) is 6.07 Å². The summed E-state index contributed by atoms with van der Waals surface area (Å²) in [6.07, 6.45) is 0. The van der Waals surface area contributed by atoms with Gasteiger partial charge < -0.3 is 9.47 Å². The molecule has 0 aromatic heterocycles. The fourth-order valence-electron chi connectivity index (χ4n) is 1.71. The van der Waals surface area contributed by atoms with Crippen molar-refractivity contribution in [3.05, 3.63) is 68.2 Å². The zero-order valence-electron chi connectivity index (χ0n) is 11.7. The average Bonchev–Trinajstić information content (AvgIpc) is 2.53. The summed E-state index contributed by atoms with van der Waals surface area (Å²) < 4.78 is 10.4. The minimum absolute atomic E-state index is 0.0525. The molecule has 2 aromatic carbocycles. The fraction of sp³-hybridized carbons (Fsp3) is 0.133. The fourth-order valence-corrected chi connectivity index (χ4v) is 2.09. The average molecular weight is 356 g/mol. The highest BCUT2D eigenvalue weighted by molar-refractivity contribution is 6.33. The van der Waals surface area contributed by atoms with Crippen molar-refractivity contribution in [1.82, 2.24) is 0 Å². The van der Waals surface area contributed by atoms with E-state index in [0.29, 0.717) is 10.8 Å². The van der Waals surface area contributed by atoms with Crippen LogP contribution in [0.4, 0.5) is 5.69 Å². The lowest BCUT2D eigenvalue weighted by Crippen LogP contribution is -2.13. The summed E-state index contributed by atoms with van der Waals surface area (Å²) in [7, 11) is 0. The smallest absolute Gasteiger partial charge is 0.340 e. The Bertz CT molecular complexity index is 736. The molecule has 0 aliphatic heterocycles. The van der Waals surface area contributed by atoms with Crippen LogP contribution in [-0.4, -0.2) is 24.1 Å². The zero-order chi connectivity index (χ0) is 16.8. The molecule has 0 radical (unpaired) electrons. The molecule has 0 unspecified atom stereocenters. The first kappa shape index (κ1) is 17.1. The highest BCUT2D eigenvalue weighted by atomic mass is 35.5. The molecule has 2 rings (SSSR count). The highest BCUT2D eigenvalue weighted by Gasteiger charge is 2.17. The number of nitro groups is 1. The number of hydrogen-bond acceptors (Lipinski definition) is 5. The SMILES string of the molecule is O=C(OCCOc1ccccc1Cl)c1cc([N+](=O)[O-])ccc1Cl. The molecule has 0 N–H and O–H groups in total. The number of benzene rings is 2. The lowest BCUT2D eigenvalue weighted by molar-refractivity contribution is -0.384. The number of nitrogens with zero attached hydrogens (tertiary/aromatic N) is 1. The quantitative estimate of drug-likeness (QED) is 0.336. The molecule has 6 nitrogen and oxygen atoms in total. The second kappa shape index (κ2) is 7.80. The first-order valence-electron chi connectivity index (χ1n) is 6.47. The van der Waals surface area contributed by atoms with E-state index in [2.05, 4.69) is 0 Å². The van der Waals surface area contributed by atoms with Crippen LogP contribution in [0.5, 0.6) is 5.75 Å². The minimum Gasteiger partial charge on any atom is -0.488 e. The van der Waals surface area contributed by atoms with E-state index < -0.39 is 10.9 Å². The molecule has 0 fully saturated rings. The number of esters is 1. The number of rotatable bonds is 6. The molecule has 0 aliphatic carbocycles. The van der Waals surface area contributed by atoms with Gasteiger partial charge in [0.1, 0.15) is 19.0 Å². The highest BCUT2D eigenvalue weighted by Crippen LogP contribution is 2.24. The van der Waals surface area contributed by atoms with Gasteiger partial charge in [-0.05, 0) is 18.2 Å². The molecule has 0 bridgehead atoms. The molecule has 2 aromatic rings. The Labute approximate surface area is 141 Å². The van der Waals surface area contributed by atoms with Crippen molar-refractivity contribution in [1.29, 1.82) is 0 Å². The van der Waals surface area contributed by atoms with Gasteiger partial charge in [0.15, 0.2) is 0 Å². The van der Waals surface area contributed by atoms with E-state index in [1.54, 1.807) is 24.3 Å². The van der Waals surface area contributed by atoms with Crippen LogP contribution in [0, 0.1) is 10.1 Å². The van der Waals surface area contributed by atoms with Crippen molar-refractivity contribution in [3.63, 3.8) is 0 Å². The number of nitro benzene ring substituents is 1. The topological polar surface area (TPSA) is 78.7 Å². The maximum Gasteiger partial charge on any atom is 0.340 e. The molecule has 0 atom stereocenters. The van der Waals surface area contributed by atoms with Crippen molar-refractivity contribution in [2.75, 3.05) is 13.2 Å². The summed E-state index contributed by atoms with van der Waals surface area (Å²) in [5, 5.41) is 11.2. The Morgan fingerprint density at radius 3 is 2.52 bits per heavy atom. The van der Waals surface area contributed by atoms with Gasteiger partial charge in [-0.25, -0.2) is 4.79 Å². The van der Waals surface area contributed by atoms with Crippen molar-refractivity contribution in [2.45, 2.75) is 0 Å². The maximum absolute atomic E-state index is 11.9. The van der Waals surface area contributed by atoms with Crippen LogP contribution >= 0.6 is 23.2 Å². The Hall–Kier alpha value is -2.31. The van der Waals surface area contributed by atoms with Crippen LogP contribution in [0.3, 0.4) is 0 Å². The molecule has 0 heterocycles. The van der Waals surface area contributed by atoms with Gasteiger partial charge in [-0.15, -0.1) is 0 Å². The van der Waals surface area contributed by atoms with Crippen molar-refractivity contribution in [2.24, 2.45) is 0 Å². The minimum atomic E-state index is -0.763. The predicted molar refractivity (Wildman–Crippen MR) is 85.3 cm³/mol. The molecular formula is C15H11Cl2NO5. The van der Waals surface area contributed by atoms with Gasteiger partial charge >= 0.3 is 5.97 Å². The van der Waals surface area contributed by atoms with E-state index >= 15 is 0 Å². The van der Waals surface area contributed by atoms with Gasteiger partial charge in [0.05, 0.1) is 20.5 Å². The van der Waals surface area contributed by atoms with Gasteiger partial charge in [0.2, 0.25) is 0 Å². The van der Waals surface area contributed by atoms with Gasteiger partial charge in [0, 0.05) is 12.1 Å². The Balaban J connectivity index is 1.91. The monoisotopic (exact) mass is 355 g/mol. The Kier molecular flexibility index (Phi) is 5.78. The molecule has 120 valence electrons. The second-order valence-electron chi connectivity index (χ2n) is 4.34. The number of hydrogen-bond donors (Lipinski definition) is 0. The molecule has 0 saturated carbocycles. The van der Waals surface area contributed by atoms with E-state index in [4.69, 9.17) is 32.7 Å². The molecule has 0 aliphatic rings. The van der Waals surface area contributed by atoms with Crippen molar-refractivity contribution >= 4 is 34.9 Å². The summed E-state index contributed by atoms with van der Waals surface area (Å²) in [6.45, 7) is 0.0328. The molecule has 8 heteroatoms. The largest absolute Gasteiger partial charge is 0.488 e. The Morgan fingerprint density at radius 1 is 1.09 bits per heavy atom. The first-order chi connectivity index (χ1) is 11.0. The van der Waals surface area contributed by atoms with Crippen LogP contribution in [0.2, 0.25) is 10.0 Å². The molecule has 0 amide bonds. The maximum atomic E-state index is 11.9. The van der Waals surface area contributed by atoms with E-state index in [1.807, 2.05) is 0 Å². The van der Waals surface area contributed by atoms with E-state index in [1.165, 1.54) is 12.1 Å². The third-order valence-electron chi connectivity index (χ3n) is 2.79. The normalized spacial score (nSPS) is 10.2. The second-order valence-corrected chi connectivity index (χ2v) is 5.15. The number of ether oxygens (including phenoxy) is 2. The van der Waals surface area contributed by atoms with E-state index in [-0.39, 0.29) is 29.5 Å². The third kappa shape index (κ3) is 4.58. The summed E-state index contributed by atoms with van der Waals surface area (Å²) in [5.41, 5.74) is -0.313. The predicted octanol–water partition coefficient (Wildman–Crippen LogP) is 4.14. The van der Waals surface area contributed by atoms with Crippen LogP contribution in [0.15, 0.2) is 42.5 Å². The summed E-state index contributed by atoms with van der Waals surface area (Å²) in [6, 6.07) is 10.4. The van der Waals surface area contributed by atoms with Gasteiger partial charge in [-0.2, -0.15) is 0 Å². The lowest BCUT2D eigenvalue weighted by atomic mass is 10.2. The van der Waals surface area contributed by atoms with Crippen LogP contribution < -0.4 is 4.74 Å². The third-order valence-corrected chi connectivity index (χ3v) is 3.43. The zero-order valence-corrected chi connectivity index (χ0v) is 13.2. The molecule has 0 spiro atoms. The number of halogens is 2. The first-order valence-corrected chi connectivity index (χ1v) is 7.23. The summed E-state index contributed by atoms with van der Waals surface area (Å²) in [5.74, 6) is -0.292. The van der Waals surface area contributed by atoms with Gasteiger partial charge in [0.25, 0.3) is 5.69 Å². The molecule has 0 saturated heterocycles. The number of para-hydroxylation sites is 1. The van der Waals surface area contributed by atoms with Crippen molar-refractivity contribution < 1.29 is 19.2 Å². The van der Waals surface area contributed by atoms with E-state index in [9.17, 15) is 14.9 Å². The number of carbonyl (C=O) groups excluding carboxylic acids is 1. The summed E-state index contributed by atoms with van der Waals surface area (Å²) >= 11 is 11.8. The number of carbonyl (C=O) groups is 1. The summed E-state index contributed by atoms with van der Waals surface area (Å²) in [4.78, 5) is 22.0. The number of non-ortho nitro benzene ring substituents is 1. The standard InChI is InChI=1S/C15H11Cl2NO5/c16-12-6-5-10(18(20)21)9-11(12)15(19)23-8-7-22-14-4-2-1-3-13(14)17/h1-6,9H,7-8H2. The molecule has 23 heavy (non-hydrogen) atoms. The van der Waals surface area contributed by atoms with Crippen LogP contribution in [0.1, 0.15) is 10.4 Å². The van der Waals surface area contributed by atoms with Gasteiger partial charge in [-0.1, -0.05) is 35.3 Å². The van der Waals surface area contributed by atoms with Crippen LogP contribution in [0.25, 0.3) is 0 Å². The van der Waals surface area contributed by atoms with Crippen LogP contribution in [-0.2, 0) is 4.74 Å². The molecular weight excluding hydrogens is 345 g/mol.